The molecule has 0 atom stereocenters. The van der Waals surface area contributed by atoms with Gasteiger partial charge in [0.1, 0.15) is 0 Å². The van der Waals surface area contributed by atoms with E-state index in [-0.39, 0.29) is 6.07 Å². The summed E-state index contributed by atoms with van der Waals surface area (Å²) in [7, 11) is 0. The Labute approximate surface area is 75.2 Å². The van der Waals surface area contributed by atoms with Crippen molar-refractivity contribution in [2.45, 2.75) is 12.4 Å². The van der Waals surface area contributed by atoms with Gasteiger partial charge >= 0.3 is 12.4 Å². The van der Waals surface area contributed by atoms with Crippen molar-refractivity contribution in [2.75, 3.05) is 0 Å². The van der Waals surface area contributed by atoms with Crippen LogP contribution in [0, 0.1) is 12.1 Å². The van der Waals surface area contributed by atoms with Gasteiger partial charge in [0.05, 0.1) is 11.1 Å². The molecule has 1 aromatic carbocycles. The molecule has 0 heterocycles. The Morgan fingerprint density at radius 3 is 1.86 bits per heavy atom. The number of hydrogen-bond acceptors (Lipinski definition) is 0. The first-order valence-electron chi connectivity index (χ1n) is 3.29. The zero-order valence-electron chi connectivity index (χ0n) is 6.42. The zero-order valence-corrected chi connectivity index (χ0v) is 6.42. The Hall–Kier alpha value is -1.20. The van der Waals surface area contributed by atoms with Crippen molar-refractivity contribution in [3.05, 3.63) is 35.4 Å². The average molecular weight is 212 g/mol. The van der Waals surface area contributed by atoms with Crippen LogP contribution in [0.3, 0.4) is 0 Å². The van der Waals surface area contributed by atoms with Gasteiger partial charge in [0.25, 0.3) is 0 Å². The Balaban J connectivity index is 3.31. The third-order valence-corrected chi connectivity index (χ3v) is 1.39. The fourth-order valence-corrected chi connectivity index (χ4v) is 0.847. The minimum Gasteiger partial charge on any atom is -0.166 e. The lowest BCUT2D eigenvalue weighted by atomic mass is 10.1. The average Bonchev–Trinajstić information content (AvgIpc) is 2.01. The van der Waals surface area contributed by atoms with E-state index in [2.05, 4.69) is 0 Å². The molecule has 0 nitrogen and oxygen atoms in total. The van der Waals surface area contributed by atoms with Crippen molar-refractivity contribution in [1.29, 1.82) is 0 Å². The standard InChI is InChI=1S/C8H2F6/c9-7(10,11)5-3-1-2-4-6(5)8(12,13)14/h1,4H. The molecular formula is C8H2F6. The van der Waals surface area contributed by atoms with Gasteiger partial charge in [-0.05, 0) is 24.3 Å². The molecule has 1 rings (SSSR count). The smallest absolute Gasteiger partial charge is 0.166 e. The first-order chi connectivity index (χ1) is 6.23. The SMILES string of the molecule is FC(F)(F)c1[c]c[c]cc1C(F)(F)F. The fourth-order valence-electron chi connectivity index (χ4n) is 0.847. The van der Waals surface area contributed by atoms with Gasteiger partial charge in [0, 0.05) is 0 Å². The summed E-state index contributed by atoms with van der Waals surface area (Å²) in [6, 6.07) is 4.30. The molecule has 0 aliphatic heterocycles. The minimum absolute atomic E-state index is 0.249. The van der Waals surface area contributed by atoms with Crippen LogP contribution in [0.5, 0.6) is 0 Å². The van der Waals surface area contributed by atoms with Crippen LogP contribution in [0.15, 0.2) is 12.1 Å². The van der Waals surface area contributed by atoms with E-state index in [4.69, 9.17) is 0 Å². The van der Waals surface area contributed by atoms with E-state index in [1.807, 2.05) is 6.07 Å². The molecule has 6 heteroatoms. The molecule has 0 saturated carbocycles. The third kappa shape index (κ3) is 2.18. The van der Waals surface area contributed by atoms with Crippen LogP contribution in [0.25, 0.3) is 0 Å². The van der Waals surface area contributed by atoms with E-state index in [0.29, 0.717) is 6.07 Å². The van der Waals surface area contributed by atoms with Crippen LogP contribution in [-0.2, 0) is 12.4 Å². The number of rotatable bonds is 0. The second kappa shape index (κ2) is 3.18. The van der Waals surface area contributed by atoms with Gasteiger partial charge in [-0.1, -0.05) is 0 Å². The van der Waals surface area contributed by atoms with E-state index in [1.165, 1.54) is 6.07 Å². The summed E-state index contributed by atoms with van der Waals surface area (Å²) in [4.78, 5) is 0. The van der Waals surface area contributed by atoms with Crippen LogP contribution < -0.4 is 0 Å². The Morgan fingerprint density at radius 2 is 1.50 bits per heavy atom. The molecule has 0 N–H and O–H groups in total. The number of hydrogen-bond donors (Lipinski definition) is 0. The fraction of sp³-hybridized carbons (Fsp3) is 0.250. The molecule has 1 aromatic rings. The molecule has 0 unspecified atom stereocenters. The van der Waals surface area contributed by atoms with Crippen molar-refractivity contribution in [3.63, 3.8) is 0 Å². The summed E-state index contributed by atoms with van der Waals surface area (Å²) in [5.74, 6) is 0. The molecule has 0 bridgehead atoms. The third-order valence-electron chi connectivity index (χ3n) is 1.39. The lowest BCUT2D eigenvalue weighted by Gasteiger charge is -2.13. The maximum Gasteiger partial charge on any atom is 0.417 e. The summed E-state index contributed by atoms with van der Waals surface area (Å²) < 4.78 is 72.2. The van der Waals surface area contributed by atoms with E-state index in [9.17, 15) is 26.3 Å². The van der Waals surface area contributed by atoms with Crippen LogP contribution in [0.4, 0.5) is 26.3 Å². The first-order valence-corrected chi connectivity index (χ1v) is 3.29. The molecule has 0 amide bonds. The first kappa shape index (κ1) is 10.9. The number of alkyl halides is 6. The van der Waals surface area contributed by atoms with Crippen LogP contribution in [-0.4, -0.2) is 0 Å². The van der Waals surface area contributed by atoms with Crippen molar-refractivity contribution in [2.24, 2.45) is 0 Å². The molecule has 2 radical (unpaired) electrons. The van der Waals surface area contributed by atoms with Crippen LogP contribution >= 0.6 is 0 Å². The Kier molecular flexibility index (Phi) is 2.47. The summed E-state index contributed by atoms with van der Waals surface area (Å²) >= 11 is 0. The highest BCUT2D eigenvalue weighted by atomic mass is 19.4. The maximum atomic E-state index is 12.0. The Morgan fingerprint density at radius 1 is 0.929 bits per heavy atom. The molecule has 0 aliphatic rings. The van der Waals surface area contributed by atoms with Gasteiger partial charge in [-0.25, -0.2) is 0 Å². The molecule has 0 spiro atoms. The van der Waals surface area contributed by atoms with E-state index in [1.54, 1.807) is 0 Å². The van der Waals surface area contributed by atoms with Crippen molar-refractivity contribution < 1.29 is 26.3 Å². The van der Waals surface area contributed by atoms with Gasteiger partial charge < -0.3 is 0 Å². The largest absolute Gasteiger partial charge is 0.417 e. The van der Waals surface area contributed by atoms with E-state index < -0.39 is 23.5 Å². The quantitative estimate of drug-likeness (QED) is 0.578. The van der Waals surface area contributed by atoms with E-state index >= 15 is 0 Å². The van der Waals surface area contributed by atoms with Gasteiger partial charge in [0.15, 0.2) is 0 Å². The van der Waals surface area contributed by atoms with Gasteiger partial charge in [-0.2, -0.15) is 26.3 Å². The summed E-state index contributed by atoms with van der Waals surface area (Å²) in [5, 5.41) is 0. The highest BCUT2D eigenvalue weighted by Gasteiger charge is 2.42. The lowest BCUT2D eigenvalue weighted by molar-refractivity contribution is -0.162. The van der Waals surface area contributed by atoms with Crippen molar-refractivity contribution in [1.82, 2.24) is 0 Å². The molecule has 0 aliphatic carbocycles. The molecule has 14 heavy (non-hydrogen) atoms. The zero-order chi connectivity index (χ0) is 11.0. The highest BCUT2D eigenvalue weighted by molar-refractivity contribution is 5.30. The summed E-state index contributed by atoms with van der Waals surface area (Å²) in [6.45, 7) is 0. The van der Waals surface area contributed by atoms with Gasteiger partial charge in [0.2, 0.25) is 0 Å². The van der Waals surface area contributed by atoms with Crippen LogP contribution in [0.2, 0.25) is 0 Å². The molecule has 0 fully saturated rings. The maximum absolute atomic E-state index is 12.0. The van der Waals surface area contributed by atoms with Crippen molar-refractivity contribution in [3.8, 4) is 0 Å². The number of benzene rings is 1. The normalized spacial score (nSPS) is 13.0. The monoisotopic (exact) mass is 212 g/mol. The highest BCUT2D eigenvalue weighted by Crippen LogP contribution is 2.39. The molecule has 0 saturated heterocycles. The van der Waals surface area contributed by atoms with Gasteiger partial charge in [-0.3, -0.25) is 0 Å². The Bertz CT molecular complexity index is 288. The van der Waals surface area contributed by atoms with Gasteiger partial charge in [-0.15, -0.1) is 0 Å². The molecular weight excluding hydrogens is 210 g/mol. The lowest BCUT2D eigenvalue weighted by Crippen LogP contribution is -2.16. The van der Waals surface area contributed by atoms with E-state index in [0.717, 1.165) is 0 Å². The predicted molar refractivity (Wildman–Crippen MR) is 34.1 cm³/mol. The molecule has 0 aromatic heterocycles. The second-order valence-electron chi connectivity index (χ2n) is 2.38. The summed E-state index contributed by atoms with van der Waals surface area (Å²) in [5.41, 5.74) is -3.59. The molecule has 76 valence electrons. The van der Waals surface area contributed by atoms with Crippen LogP contribution in [0.1, 0.15) is 11.1 Å². The second-order valence-corrected chi connectivity index (χ2v) is 2.38. The predicted octanol–water partition coefficient (Wildman–Crippen LogP) is 3.32. The minimum atomic E-state index is -5.06. The topological polar surface area (TPSA) is 0 Å². The number of halogens is 6. The summed E-state index contributed by atoms with van der Waals surface area (Å²) in [6.07, 6.45) is -10.1. The van der Waals surface area contributed by atoms with Crippen molar-refractivity contribution >= 4 is 0 Å².